The van der Waals surface area contributed by atoms with Gasteiger partial charge in [0.25, 0.3) is 5.91 Å². The van der Waals surface area contributed by atoms with Gasteiger partial charge in [-0.1, -0.05) is 35.0 Å². The van der Waals surface area contributed by atoms with Crippen LogP contribution in [-0.4, -0.2) is 35.4 Å². The fourth-order valence-corrected chi connectivity index (χ4v) is 4.42. The minimum atomic E-state index is -4.48. The van der Waals surface area contributed by atoms with Crippen molar-refractivity contribution in [2.24, 2.45) is 0 Å². The Morgan fingerprint density at radius 2 is 1.78 bits per heavy atom. The van der Waals surface area contributed by atoms with Gasteiger partial charge in [0, 0.05) is 28.0 Å². The van der Waals surface area contributed by atoms with Gasteiger partial charge in [0.15, 0.2) is 0 Å². The van der Waals surface area contributed by atoms with Gasteiger partial charge in [-0.15, -0.1) is 0 Å². The van der Waals surface area contributed by atoms with E-state index in [0.717, 1.165) is 17.7 Å². The number of piperidine rings is 1. The number of nitrogens with zero attached hydrogens (tertiary/aromatic N) is 2. The van der Waals surface area contributed by atoms with Crippen molar-refractivity contribution in [1.29, 1.82) is 0 Å². The zero-order chi connectivity index (χ0) is 25.7. The number of aromatic nitrogens is 1. The van der Waals surface area contributed by atoms with E-state index in [1.54, 1.807) is 12.1 Å². The van der Waals surface area contributed by atoms with Crippen LogP contribution in [-0.2, 0) is 6.18 Å². The minimum Gasteiger partial charge on any atom is -0.322 e. The summed E-state index contributed by atoms with van der Waals surface area (Å²) in [5.74, 6) is 5.65. The summed E-state index contributed by atoms with van der Waals surface area (Å²) in [5, 5.41) is 3.56. The Morgan fingerprint density at radius 1 is 1.06 bits per heavy atom. The van der Waals surface area contributed by atoms with Crippen LogP contribution in [0.1, 0.15) is 45.8 Å². The van der Waals surface area contributed by atoms with E-state index in [2.05, 4.69) is 27.0 Å². The molecular weight excluding hydrogens is 510 g/mol. The summed E-state index contributed by atoms with van der Waals surface area (Å²) in [4.78, 5) is 18.8. The molecule has 186 valence electrons. The number of alkyl halides is 3. The summed E-state index contributed by atoms with van der Waals surface area (Å²) in [6.07, 6.45) is -1.79. The third kappa shape index (κ3) is 6.79. The van der Waals surface area contributed by atoms with Gasteiger partial charge in [-0.05, 0) is 92.0 Å². The molecule has 0 spiro atoms. The molecule has 4 nitrogen and oxygen atoms in total. The molecule has 1 aliphatic rings. The molecule has 0 radical (unpaired) electrons. The molecule has 0 unspecified atom stereocenters. The minimum absolute atomic E-state index is 0.135. The van der Waals surface area contributed by atoms with Crippen molar-refractivity contribution >= 4 is 34.8 Å². The second-order valence-electron chi connectivity index (χ2n) is 8.48. The first-order chi connectivity index (χ1) is 17.2. The number of pyridine rings is 1. The number of rotatable bonds is 4. The molecule has 2 aromatic carbocycles. The van der Waals surface area contributed by atoms with Gasteiger partial charge in [-0.2, -0.15) is 13.2 Å². The number of benzene rings is 2. The smallest absolute Gasteiger partial charge is 0.322 e. The molecule has 3 aromatic rings. The molecule has 2 heterocycles. The maximum absolute atomic E-state index is 13.5. The first-order valence-corrected chi connectivity index (χ1v) is 12.1. The summed E-state index contributed by atoms with van der Waals surface area (Å²) in [5.41, 5.74) is 1.25. The van der Waals surface area contributed by atoms with Gasteiger partial charge in [-0.3, -0.25) is 9.69 Å². The second kappa shape index (κ2) is 11.3. The van der Waals surface area contributed by atoms with Crippen molar-refractivity contribution in [3.8, 4) is 11.8 Å². The van der Waals surface area contributed by atoms with Crippen LogP contribution in [0.5, 0.6) is 0 Å². The largest absolute Gasteiger partial charge is 0.416 e. The molecule has 4 rings (SSSR count). The zero-order valence-electron chi connectivity index (χ0n) is 19.1. The molecule has 0 bridgehead atoms. The molecule has 36 heavy (non-hydrogen) atoms. The molecular formula is C27H22Cl2F3N3O. The van der Waals surface area contributed by atoms with Crippen molar-refractivity contribution < 1.29 is 18.0 Å². The third-order valence-electron chi connectivity index (χ3n) is 6.02. The van der Waals surface area contributed by atoms with E-state index in [9.17, 15) is 18.0 Å². The topological polar surface area (TPSA) is 45.2 Å². The Hall–Kier alpha value is -3.05. The number of hydrogen-bond acceptors (Lipinski definition) is 3. The maximum Gasteiger partial charge on any atom is 0.416 e. The number of carbonyl (C=O) groups excluding carboxylic acids is 1. The van der Waals surface area contributed by atoms with E-state index < -0.39 is 17.6 Å². The van der Waals surface area contributed by atoms with Crippen LogP contribution in [0, 0.1) is 11.8 Å². The lowest BCUT2D eigenvalue weighted by molar-refractivity contribution is -0.137. The molecule has 1 fully saturated rings. The van der Waals surface area contributed by atoms with Gasteiger partial charge in [-0.25, -0.2) is 4.98 Å². The molecule has 1 N–H and O–H groups in total. The standard InChI is InChI=1S/C27H22Cl2F3N3O/c28-22-6-3-18(4-7-22)2-1-13-35-14-10-19(11-15-35)23-17-21(27(30,31)32)5-8-24(23)34-26(36)20-9-12-33-25(29)16-20/h3-9,12,16-17,19H,10-11,13-15H2,(H,34,36). The summed E-state index contributed by atoms with van der Waals surface area (Å²) in [6, 6.07) is 13.6. The van der Waals surface area contributed by atoms with Crippen LogP contribution in [0.15, 0.2) is 60.8 Å². The Labute approximate surface area is 217 Å². The van der Waals surface area contributed by atoms with Gasteiger partial charge < -0.3 is 5.32 Å². The predicted octanol–water partition coefficient (Wildman–Crippen LogP) is 6.89. The summed E-state index contributed by atoms with van der Waals surface area (Å²) in [7, 11) is 0. The average Bonchev–Trinajstić information content (AvgIpc) is 2.85. The van der Waals surface area contributed by atoms with E-state index in [1.807, 2.05) is 12.1 Å². The first kappa shape index (κ1) is 26.0. The highest BCUT2D eigenvalue weighted by atomic mass is 35.5. The number of nitrogens with one attached hydrogen (secondary N) is 1. The Balaban J connectivity index is 1.47. The molecule has 0 aliphatic carbocycles. The highest BCUT2D eigenvalue weighted by Gasteiger charge is 2.33. The lowest BCUT2D eigenvalue weighted by Crippen LogP contribution is -2.33. The lowest BCUT2D eigenvalue weighted by Gasteiger charge is -2.32. The molecule has 1 saturated heterocycles. The van der Waals surface area contributed by atoms with Crippen molar-refractivity contribution in [3.63, 3.8) is 0 Å². The highest BCUT2D eigenvalue weighted by molar-refractivity contribution is 6.30. The van der Waals surface area contributed by atoms with Crippen molar-refractivity contribution in [1.82, 2.24) is 9.88 Å². The van der Waals surface area contributed by atoms with Crippen LogP contribution in [0.4, 0.5) is 18.9 Å². The van der Waals surface area contributed by atoms with Gasteiger partial charge >= 0.3 is 6.18 Å². The summed E-state index contributed by atoms with van der Waals surface area (Å²) >= 11 is 11.8. The van der Waals surface area contributed by atoms with E-state index in [4.69, 9.17) is 23.2 Å². The first-order valence-electron chi connectivity index (χ1n) is 11.3. The second-order valence-corrected chi connectivity index (χ2v) is 9.30. The summed E-state index contributed by atoms with van der Waals surface area (Å²) < 4.78 is 40.4. The third-order valence-corrected chi connectivity index (χ3v) is 6.48. The SMILES string of the molecule is O=C(Nc1ccc(C(F)(F)F)cc1C1CCN(CC#Cc2ccc(Cl)cc2)CC1)c1ccnc(Cl)c1. The molecule has 0 saturated carbocycles. The molecule has 1 aromatic heterocycles. The van der Waals surface area contributed by atoms with Gasteiger partial charge in [0.2, 0.25) is 0 Å². The lowest BCUT2D eigenvalue weighted by atomic mass is 9.87. The summed E-state index contributed by atoms with van der Waals surface area (Å²) in [6.45, 7) is 1.93. The maximum atomic E-state index is 13.5. The monoisotopic (exact) mass is 531 g/mol. The Kier molecular flexibility index (Phi) is 8.20. The fourth-order valence-electron chi connectivity index (χ4n) is 4.12. The Morgan fingerprint density at radius 3 is 2.44 bits per heavy atom. The van der Waals surface area contributed by atoms with Crippen molar-refractivity contribution in [2.45, 2.75) is 24.9 Å². The van der Waals surface area contributed by atoms with E-state index in [1.165, 1.54) is 24.4 Å². The van der Waals surface area contributed by atoms with Gasteiger partial charge in [0.1, 0.15) is 5.15 Å². The van der Waals surface area contributed by atoms with E-state index in [0.29, 0.717) is 48.7 Å². The normalized spacial score (nSPS) is 14.7. The molecule has 1 aliphatic heterocycles. The van der Waals surface area contributed by atoms with Gasteiger partial charge in [0.05, 0.1) is 12.1 Å². The van der Waals surface area contributed by atoms with Crippen LogP contribution in [0.3, 0.4) is 0 Å². The number of likely N-dealkylation sites (tertiary alicyclic amines) is 1. The number of halogens is 5. The van der Waals surface area contributed by atoms with Crippen molar-refractivity contribution in [3.05, 3.63) is 93.2 Å². The van der Waals surface area contributed by atoms with E-state index in [-0.39, 0.29) is 16.6 Å². The van der Waals surface area contributed by atoms with Crippen LogP contribution < -0.4 is 5.32 Å². The fraction of sp³-hybridized carbons (Fsp3) is 0.259. The van der Waals surface area contributed by atoms with Crippen LogP contribution >= 0.6 is 23.2 Å². The number of amides is 1. The number of carbonyl (C=O) groups is 1. The number of anilines is 1. The predicted molar refractivity (Wildman–Crippen MR) is 135 cm³/mol. The van der Waals surface area contributed by atoms with Crippen molar-refractivity contribution in [2.75, 3.05) is 25.0 Å². The number of hydrogen-bond donors (Lipinski definition) is 1. The van der Waals surface area contributed by atoms with Crippen LogP contribution in [0.2, 0.25) is 10.2 Å². The van der Waals surface area contributed by atoms with E-state index >= 15 is 0 Å². The van der Waals surface area contributed by atoms with Crippen LogP contribution in [0.25, 0.3) is 0 Å². The average molecular weight is 532 g/mol. The molecule has 0 atom stereocenters. The molecule has 9 heteroatoms. The molecule has 1 amide bonds. The Bertz CT molecular complexity index is 1290. The highest BCUT2D eigenvalue weighted by Crippen LogP contribution is 2.38. The zero-order valence-corrected chi connectivity index (χ0v) is 20.6. The quantitative estimate of drug-likeness (QED) is 0.294.